The fourth-order valence-corrected chi connectivity index (χ4v) is 1.18. The second kappa shape index (κ2) is 6.30. The molecule has 1 aromatic rings. The van der Waals surface area contributed by atoms with Crippen LogP contribution in [0.4, 0.5) is 0 Å². The van der Waals surface area contributed by atoms with E-state index in [0.717, 1.165) is 0 Å². The summed E-state index contributed by atoms with van der Waals surface area (Å²) in [6.07, 6.45) is -0.0317. The Morgan fingerprint density at radius 1 is 1.28 bits per heavy atom. The fraction of sp³-hybridized carbons (Fsp3) is 0.231. The maximum absolute atomic E-state index is 11.2. The van der Waals surface area contributed by atoms with Crippen LogP contribution < -0.4 is 0 Å². The molecule has 0 saturated carbocycles. The molecule has 5 heteroatoms. The SMILES string of the molecule is COC(=O)CC#Cc1ccc(C(=O)OC)c(O)c1. The van der Waals surface area contributed by atoms with Crippen molar-refractivity contribution in [2.75, 3.05) is 14.2 Å². The Kier molecular flexibility index (Phi) is 4.76. The molecule has 94 valence electrons. The Morgan fingerprint density at radius 2 is 2.00 bits per heavy atom. The van der Waals surface area contributed by atoms with Gasteiger partial charge in [-0.15, -0.1) is 0 Å². The average molecular weight is 248 g/mol. The lowest BCUT2D eigenvalue weighted by Crippen LogP contribution is -2.01. The summed E-state index contributed by atoms with van der Waals surface area (Å²) in [7, 11) is 2.51. The second-order valence-corrected chi connectivity index (χ2v) is 3.28. The lowest BCUT2D eigenvalue weighted by atomic mass is 10.1. The van der Waals surface area contributed by atoms with Crippen molar-refractivity contribution < 1.29 is 24.2 Å². The summed E-state index contributed by atoms with van der Waals surface area (Å²) in [5.41, 5.74) is 0.556. The molecule has 0 amide bonds. The van der Waals surface area contributed by atoms with Crippen molar-refractivity contribution in [1.82, 2.24) is 0 Å². The van der Waals surface area contributed by atoms with Gasteiger partial charge in [0.15, 0.2) is 0 Å². The molecule has 0 heterocycles. The molecule has 1 N–H and O–H groups in total. The third-order valence-electron chi connectivity index (χ3n) is 2.10. The number of ether oxygens (including phenoxy) is 2. The van der Waals surface area contributed by atoms with Crippen molar-refractivity contribution in [3.8, 4) is 17.6 Å². The number of carbonyl (C=O) groups is 2. The molecule has 0 aliphatic rings. The minimum Gasteiger partial charge on any atom is -0.507 e. The number of benzene rings is 1. The van der Waals surface area contributed by atoms with Crippen LogP contribution in [0.5, 0.6) is 5.75 Å². The first-order valence-electron chi connectivity index (χ1n) is 5.05. The Labute approximate surface area is 104 Å². The highest BCUT2D eigenvalue weighted by Gasteiger charge is 2.10. The Hall–Kier alpha value is -2.48. The zero-order chi connectivity index (χ0) is 13.5. The molecule has 0 fully saturated rings. The van der Waals surface area contributed by atoms with Crippen LogP contribution in [-0.4, -0.2) is 31.3 Å². The smallest absolute Gasteiger partial charge is 0.341 e. The minimum atomic E-state index is -0.624. The Bertz CT molecular complexity index is 522. The van der Waals surface area contributed by atoms with Crippen LogP contribution in [0.2, 0.25) is 0 Å². The molecule has 0 aliphatic heterocycles. The zero-order valence-electron chi connectivity index (χ0n) is 10.0. The summed E-state index contributed by atoms with van der Waals surface area (Å²) in [6.45, 7) is 0. The molecule has 0 saturated heterocycles. The molecule has 0 spiro atoms. The van der Waals surface area contributed by atoms with Gasteiger partial charge in [0.1, 0.15) is 17.7 Å². The van der Waals surface area contributed by atoms with Crippen LogP contribution in [0.25, 0.3) is 0 Å². The van der Waals surface area contributed by atoms with E-state index < -0.39 is 11.9 Å². The molecule has 18 heavy (non-hydrogen) atoms. The van der Waals surface area contributed by atoms with E-state index in [9.17, 15) is 14.7 Å². The normalized spacial score (nSPS) is 9.00. The van der Waals surface area contributed by atoms with Gasteiger partial charge >= 0.3 is 11.9 Å². The Morgan fingerprint density at radius 3 is 2.56 bits per heavy atom. The van der Waals surface area contributed by atoms with Gasteiger partial charge in [0, 0.05) is 5.56 Å². The van der Waals surface area contributed by atoms with Crippen LogP contribution in [0.15, 0.2) is 18.2 Å². The van der Waals surface area contributed by atoms with Gasteiger partial charge in [-0.2, -0.15) is 0 Å². The monoisotopic (exact) mass is 248 g/mol. The van der Waals surface area contributed by atoms with E-state index in [2.05, 4.69) is 21.3 Å². The quantitative estimate of drug-likeness (QED) is 0.626. The highest BCUT2D eigenvalue weighted by atomic mass is 16.5. The van der Waals surface area contributed by atoms with Gasteiger partial charge in [-0.25, -0.2) is 4.79 Å². The van der Waals surface area contributed by atoms with Crippen molar-refractivity contribution in [3.63, 3.8) is 0 Å². The van der Waals surface area contributed by atoms with Gasteiger partial charge in [-0.05, 0) is 18.2 Å². The maximum atomic E-state index is 11.2. The van der Waals surface area contributed by atoms with Gasteiger partial charge < -0.3 is 14.6 Å². The van der Waals surface area contributed by atoms with Crippen LogP contribution in [-0.2, 0) is 14.3 Å². The molecule has 0 radical (unpaired) electrons. The largest absolute Gasteiger partial charge is 0.507 e. The number of rotatable bonds is 2. The molecule has 1 aromatic carbocycles. The Balaban J connectivity index is 2.85. The van der Waals surface area contributed by atoms with Crippen molar-refractivity contribution in [2.24, 2.45) is 0 Å². The van der Waals surface area contributed by atoms with Crippen LogP contribution in [0, 0.1) is 11.8 Å². The van der Waals surface area contributed by atoms with E-state index in [0.29, 0.717) is 5.56 Å². The summed E-state index contributed by atoms with van der Waals surface area (Å²) in [5.74, 6) is 3.99. The molecular weight excluding hydrogens is 236 g/mol. The molecule has 0 atom stereocenters. The number of phenols is 1. The maximum Gasteiger partial charge on any atom is 0.341 e. The lowest BCUT2D eigenvalue weighted by molar-refractivity contribution is -0.139. The molecular formula is C13H12O5. The third kappa shape index (κ3) is 3.52. The van der Waals surface area contributed by atoms with E-state index in [-0.39, 0.29) is 17.7 Å². The molecule has 1 rings (SSSR count). The van der Waals surface area contributed by atoms with Crippen molar-refractivity contribution in [2.45, 2.75) is 6.42 Å². The average Bonchev–Trinajstić information content (AvgIpc) is 2.37. The van der Waals surface area contributed by atoms with Crippen molar-refractivity contribution >= 4 is 11.9 Å². The highest BCUT2D eigenvalue weighted by Crippen LogP contribution is 2.19. The van der Waals surface area contributed by atoms with E-state index in [1.54, 1.807) is 6.07 Å². The van der Waals surface area contributed by atoms with Gasteiger partial charge in [-0.3, -0.25) is 4.79 Å². The number of hydrogen-bond acceptors (Lipinski definition) is 5. The number of aromatic hydroxyl groups is 1. The standard InChI is InChI=1S/C13H12O5/c1-17-12(15)5-3-4-9-6-7-10(11(14)8-9)13(16)18-2/h6-8,14H,5H2,1-2H3. The van der Waals surface area contributed by atoms with E-state index in [4.69, 9.17) is 0 Å². The number of esters is 2. The topological polar surface area (TPSA) is 72.8 Å². The first-order valence-corrected chi connectivity index (χ1v) is 5.05. The van der Waals surface area contributed by atoms with Gasteiger partial charge in [0.2, 0.25) is 0 Å². The van der Waals surface area contributed by atoms with E-state index in [1.807, 2.05) is 0 Å². The summed E-state index contributed by atoms with van der Waals surface area (Å²) in [6, 6.07) is 4.29. The first-order chi connectivity index (χ1) is 8.58. The van der Waals surface area contributed by atoms with Crippen molar-refractivity contribution in [1.29, 1.82) is 0 Å². The summed E-state index contributed by atoms with van der Waals surface area (Å²) >= 11 is 0. The highest BCUT2D eigenvalue weighted by molar-refractivity contribution is 5.92. The van der Waals surface area contributed by atoms with Gasteiger partial charge in [0.25, 0.3) is 0 Å². The second-order valence-electron chi connectivity index (χ2n) is 3.28. The lowest BCUT2D eigenvalue weighted by Gasteiger charge is -2.02. The first kappa shape index (κ1) is 13.6. The summed E-state index contributed by atoms with van der Waals surface area (Å²) in [4.78, 5) is 22.0. The predicted octanol–water partition coefficient (Wildman–Crippen LogP) is 1.09. The zero-order valence-corrected chi connectivity index (χ0v) is 10.0. The molecule has 0 aromatic heterocycles. The number of hydrogen-bond donors (Lipinski definition) is 1. The van der Waals surface area contributed by atoms with Crippen LogP contribution in [0.1, 0.15) is 22.3 Å². The van der Waals surface area contributed by atoms with Crippen molar-refractivity contribution in [3.05, 3.63) is 29.3 Å². The van der Waals surface area contributed by atoms with E-state index >= 15 is 0 Å². The van der Waals surface area contributed by atoms with Crippen LogP contribution in [0.3, 0.4) is 0 Å². The summed E-state index contributed by atoms with van der Waals surface area (Å²) < 4.78 is 8.91. The van der Waals surface area contributed by atoms with E-state index in [1.165, 1.54) is 26.4 Å². The predicted molar refractivity (Wildman–Crippen MR) is 63.0 cm³/mol. The van der Waals surface area contributed by atoms with Crippen LogP contribution >= 0.6 is 0 Å². The summed E-state index contributed by atoms with van der Waals surface area (Å²) in [5, 5.41) is 9.59. The minimum absolute atomic E-state index is 0.0317. The third-order valence-corrected chi connectivity index (χ3v) is 2.10. The molecule has 0 unspecified atom stereocenters. The fourth-order valence-electron chi connectivity index (χ4n) is 1.18. The van der Waals surface area contributed by atoms with Gasteiger partial charge in [0.05, 0.1) is 14.2 Å². The number of methoxy groups -OCH3 is 2. The molecule has 0 aliphatic carbocycles. The molecule has 5 nitrogen and oxygen atoms in total. The number of carbonyl (C=O) groups excluding carboxylic acids is 2. The number of phenolic OH excluding ortho intramolecular Hbond substituents is 1. The van der Waals surface area contributed by atoms with Gasteiger partial charge in [-0.1, -0.05) is 11.8 Å². The molecule has 0 bridgehead atoms.